The second kappa shape index (κ2) is 9.87. The number of methoxy groups -OCH3 is 1. The van der Waals surface area contributed by atoms with E-state index in [2.05, 4.69) is 25.9 Å². The van der Waals surface area contributed by atoms with Crippen LogP contribution in [0, 0.1) is 12.8 Å². The highest BCUT2D eigenvalue weighted by atomic mass is 19.3. The number of ether oxygens (including phenoxy) is 1. The molecule has 214 valence electrons. The second-order valence-corrected chi connectivity index (χ2v) is 11.6. The third-order valence-electron chi connectivity index (χ3n) is 8.37. The Balaban J connectivity index is 1.75. The molecule has 5 aromatic rings. The van der Waals surface area contributed by atoms with Crippen molar-refractivity contribution in [2.75, 3.05) is 7.11 Å². The summed E-state index contributed by atoms with van der Waals surface area (Å²) >= 11 is 0. The van der Waals surface area contributed by atoms with Crippen molar-refractivity contribution in [3.63, 3.8) is 0 Å². The number of nitrogens with zero attached hydrogens (tertiary/aromatic N) is 6. The Morgan fingerprint density at radius 1 is 1.10 bits per heavy atom. The van der Waals surface area contributed by atoms with Gasteiger partial charge in [0.2, 0.25) is 11.8 Å². The van der Waals surface area contributed by atoms with E-state index in [0.29, 0.717) is 35.2 Å². The summed E-state index contributed by atoms with van der Waals surface area (Å²) < 4.78 is 38.5. The first-order valence-electron chi connectivity index (χ1n) is 13.9. The van der Waals surface area contributed by atoms with Gasteiger partial charge in [-0.15, -0.1) is 5.10 Å². The van der Waals surface area contributed by atoms with Crippen LogP contribution in [0.1, 0.15) is 62.4 Å². The quantitative estimate of drug-likeness (QED) is 0.261. The monoisotopic (exact) mass is 560 g/mol. The molecule has 0 unspecified atom stereocenters. The molecule has 8 nitrogen and oxygen atoms in total. The normalized spacial score (nSPS) is 16.9. The summed E-state index contributed by atoms with van der Waals surface area (Å²) in [5.74, 6) is -2.35. The van der Waals surface area contributed by atoms with Gasteiger partial charge < -0.3 is 14.4 Å². The molecular formula is C31H34F2N6O2. The molecule has 4 aromatic heterocycles. The fraction of sp³-hybridized carbons (Fsp3) is 0.419. The number of aromatic nitrogens is 6. The molecule has 1 saturated carbocycles. The molecule has 1 aliphatic carbocycles. The van der Waals surface area contributed by atoms with Crippen molar-refractivity contribution >= 4 is 21.9 Å². The summed E-state index contributed by atoms with van der Waals surface area (Å²) in [4.78, 5) is 9.49. The Bertz CT molecular complexity index is 1710. The molecular weight excluding hydrogens is 526 g/mol. The first-order valence-corrected chi connectivity index (χ1v) is 13.9. The molecule has 0 amide bonds. The molecule has 0 bridgehead atoms. The Hall–Kier alpha value is -3.92. The van der Waals surface area contributed by atoms with Crippen molar-refractivity contribution in [1.82, 2.24) is 29.5 Å². The summed E-state index contributed by atoms with van der Waals surface area (Å²) in [5, 5.41) is 20.5. The molecule has 41 heavy (non-hydrogen) atoms. The summed E-state index contributed by atoms with van der Waals surface area (Å²) in [6, 6.07) is 11.7. The lowest BCUT2D eigenvalue weighted by Gasteiger charge is -2.36. The van der Waals surface area contributed by atoms with Crippen LogP contribution in [0.25, 0.3) is 33.2 Å². The van der Waals surface area contributed by atoms with Gasteiger partial charge in [0.25, 0.3) is 0 Å². The van der Waals surface area contributed by atoms with Gasteiger partial charge in [-0.05, 0) is 51.2 Å². The number of fused-ring (bicyclic) bond motifs is 3. The fourth-order valence-corrected chi connectivity index (χ4v) is 6.44. The number of hydrogen-bond acceptors (Lipinski definition) is 6. The molecule has 1 atom stereocenters. The molecule has 1 fully saturated rings. The lowest BCUT2D eigenvalue weighted by molar-refractivity contribution is -0.0493. The third-order valence-corrected chi connectivity index (χ3v) is 8.37. The van der Waals surface area contributed by atoms with Crippen molar-refractivity contribution in [2.24, 2.45) is 13.0 Å². The lowest BCUT2D eigenvalue weighted by Crippen LogP contribution is -2.31. The summed E-state index contributed by atoms with van der Waals surface area (Å²) in [7, 11) is 3.40. The predicted octanol–water partition coefficient (Wildman–Crippen LogP) is 6.34. The van der Waals surface area contributed by atoms with Gasteiger partial charge in [-0.25, -0.2) is 18.4 Å². The standard InChI is InChI=1S/C31H34F2N6O2/c1-18-26(38(4)37-36-18)21-15-23-25(34-16-21)24-28(22(30(2,3)40)17-35-29(24)41-5)39(23)27(19-9-7-6-8-10-19)20-11-13-31(32,33)14-12-20/h6-10,15-17,20,27,40H,11-14H2,1-5H3/t27-/m0/s1. The van der Waals surface area contributed by atoms with E-state index in [0.717, 1.165) is 33.5 Å². The van der Waals surface area contributed by atoms with E-state index in [1.54, 1.807) is 38.0 Å². The molecule has 10 heteroatoms. The van der Waals surface area contributed by atoms with E-state index in [1.165, 1.54) is 0 Å². The summed E-state index contributed by atoms with van der Waals surface area (Å²) in [5.41, 5.74) is 4.96. The Morgan fingerprint density at radius 2 is 1.80 bits per heavy atom. The van der Waals surface area contributed by atoms with E-state index in [-0.39, 0.29) is 24.8 Å². The van der Waals surface area contributed by atoms with Gasteiger partial charge in [0.1, 0.15) is 5.52 Å². The van der Waals surface area contributed by atoms with Crippen molar-refractivity contribution in [3.05, 3.63) is 65.6 Å². The molecule has 4 heterocycles. The molecule has 1 aromatic carbocycles. The lowest BCUT2D eigenvalue weighted by atomic mass is 9.79. The zero-order valence-electron chi connectivity index (χ0n) is 23.9. The van der Waals surface area contributed by atoms with Crippen LogP contribution in [0.5, 0.6) is 5.88 Å². The number of aryl methyl sites for hydroxylation is 2. The van der Waals surface area contributed by atoms with E-state index in [4.69, 9.17) is 9.72 Å². The number of benzene rings is 1. The third kappa shape index (κ3) is 4.64. The first kappa shape index (κ1) is 27.3. The molecule has 0 spiro atoms. The van der Waals surface area contributed by atoms with Crippen LogP contribution in [-0.4, -0.2) is 47.7 Å². The number of hydrogen-bond donors (Lipinski definition) is 1. The highest BCUT2D eigenvalue weighted by Gasteiger charge is 2.40. The summed E-state index contributed by atoms with van der Waals surface area (Å²) in [6.45, 7) is 5.34. The van der Waals surface area contributed by atoms with Crippen LogP contribution in [-0.2, 0) is 12.6 Å². The van der Waals surface area contributed by atoms with Gasteiger partial charge in [-0.1, -0.05) is 35.5 Å². The molecule has 6 rings (SSSR count). The van der Waals surface area contributed by atoms with Crippen LogP contribution < -0.4 is 4.74 Å². The van der Waals surface area contributed by atoms with E-state index < -0.39 is 11.5 Å². The average Bonchev–Trinajstić information content (AvgIpc) is 3.45. The van der Waals surface area contributed by atoms with Gasteiger partial charge in [0.05, 0.1) is 46.6 Å². The van der Waals surface area contributed by atoms with E-state index in [1.807, 2.05) is 44.3 Å². The Morgan fingerprint density at radius 3 is 2.41 bits per heavy atom. The zero-order chi connectivity index (χ0) is 29.1. The number of rotatable bonds is 6. The number of halogens is 2. The molecule has 1 aliphatic rings. The van der Waals surface area contributed by atoms with Gasteiger partial charge in [0.15, 0.2) is 0 Å². The Kier molecular flexibility index (Phi) is 6.56. The average molecular weight is 561 g/mol. The maximum atomic E-state index is 14.4. The topological polar surface area (TPSA) is 90.9 Å². The minimum Gasteiger partial charge on any atom is -0.480 e. The van der Waals surface area contributed by atoms with Crippen molar-refractivity contribution < 1.29 is 18.6 Å². The highest BCUT2D eigenvalue weighted by molar-refractivity contribution is 6.10. The highest BCUT2D eigenvalue weighted by Crippen LogP contribution is 2.48. The van der Waals surface area contributed by atoms with Crippen molar-refractivity contribution in [1.29, 1.82) is 0 Å². The summed E-state index contributed by atoms with van der Waals surface area (Å²) in [6.07, 6.45) is 3.84. The number of aliphatic hydroxyl groups is 1. The minimum absolute atomic E-state index is 0.0756. The van der Waals surface area contributed by atoms with Crippen LogP contribution in [0.15, 0.2) is 48.8 Å². The fourth-order valence-electron chi connectivity index (χ4n) is 6.44. The largest absolute Gasteiger partial charge is 0.480 e. The van der Waals surface area contributed by atoms with Gasteiger partial charge >= 0.3 is 0 Å². The number of pyridine rings is 2. The van der Waals surface area contributed by atoms with Crippen molar-refractivity contribution in [3.8, 4) is 17.1 Å². The molecule has 0 aliphatic heterocycles. The van der Waals surface area contributed by atoms with Gasteiger partial charge in [-0.3, -0.25) is 4.98 Å². The Labute approximate surface area is 237 Å². The molecule has 1 N–H and O–H groups in total. The molecule has 0 saturated heterocycles. The SMILES string of the molecule is COc1ncc(C(C)(C)O)c2c1c1ncc(-c3c(C)nnn3C)cc1n2[C@@H](c1ccccc1)C1CCC(F)(F)CC1. The maximum Gasteiger partial charge on any atom is 0.248 e. The maximum absolute atomic E-state index is 14.4. The van der Waals surface area contributed by atoms with Crippen LogP contribution >= 0.6 is 0 Å². The zero-order valence-corrected chi connectivity index (χ0v) is 23.9. The van der Waals surface area contributed by atoms with Gasteiger partial charge in [0, 0.05) is 43.4 Å². The first-order chi connectivity index (χ1) is 19.5. The smallest absolute Gasteiger partial charge is 0.248 e. The van der Waals surface area contributed by atoms with Crippen molar-refractivity contribution in [2.45, 2.75) is 64.0 Å². The van der Waals surface area contributed by atoms with Crippen LogP contribution in [0.4, 0.5) is 8.78 Å². The second-order valence-electron chi connectivity index (χ2n) is 11.6. The number of alkyl halides is 2. The van der Waals surface area contributed by atoms with Crippen LogP contribution in [0.3, 0.4) is 0 Å². The molecule has 0 radical (unpaired) electrons. The van der Waals surface area contributed by atoms with Gasteiger partial charge in [-0.2, -0.15) is 0 Å². The van der Waals surface area contributed by atoms with Crippen LogP contribution in [0.2, 0.25) is 0 Å². The van der Waals surface area contributed by atoms with E-state index in [9.17, 15) is 13.9 Å². The minimum atomic E-state index is -2.66. The van der Waals surface area contributed by atoms with E-state index >= 15 is 0 Å². The predicted molar refractivity (Wildman–Crippen MR) is 153 cm³/mol.